The number of hydrogen-bond donors (Lipinski definition) is 1. The predicted molar refractivity (Wildman–Crippen MR) is 75.7 cm³/mol. The summed E-state index contributed by atoms with van der Waals surface area (Å²) in [7, 11) is 0. The monoisotopic (exact) mass is 264 g/mol. The molecule has 0 aliphatic heterocycles. The van der Waals surface area contributed by atoms with E-state index in [1.54, 1.807) is 6.20 Å². The quantitative estimate of drug-likeness (QED) is 0.785. The first kappa shape index (κ1) is 15.6. The summed E-state index contributed by atoms with van der Waals surface area (Å²) >= 11 is 0. The second-order valence-electron chi connectivity index (χ2n) is 4.91. The minimum Gasteiger partial charge on any atom is -0.369 e. The van der Waals surface area contributed by atoms with Gasteiger partial charge in [-0.25, -0.2) is 0 Å². The van der Waals surface area contributed by atoms with Crippen LogP contribution in [0.25, 0.3) is 0 Å². The van der Waals surface area contributed by atoms with Crippen LogP contribution in [0.3, 0.4) is 0 Å². The fraction of sp³-hybridized carbons (Fsp3) is 0.600. The normalized spacial score (nSPS) is 12.4. The molecule has 1 heterocycles. The van der Waals surface area contributed by atoms with E-state index in [0.717, 1.165) is 24.8 Å². The number of pyridine rings is 1. The van der Waals surface area contributed by atoms with Gasteiger partial charge in [-0.2, -0.15) is 0 Å². The number of rotatable bonds is 8. The summed E-state index contributed by atoms with van der Waals surface area (Å²) in [4.78, 5) is 16.0. The Kier molecular flexibility index (Phi) is 7.11. The van der Waals surface area contributed by atoms with Crippen molar-refractivity contribution in [2.24, 2.45) is 0 Å². The van der Waals surface area contributed by atoms with Gasteiger partial charge in [0.2, 0.25) is 5.91 Å². The van der Waals surface area contributed by atoms with Gasteiger partial charge < -0.3 is 10.1 Å². The average molecular weight is 264 g/mol. The number of carbonyl (C=O) groups excluding carboxylic acids is 1. The van der Waals surface area contributed by atoms with Crippen molar-refractivity contribution in [2.75, 3.05) is 6.61 Å². The van der Waals surface area contributed by atoms with E-state index >= 15 is 0 Å². The molecule has 1 aromatic heterocycles. The molecule has 1 atom stereocenters. The summed E-state index contributed by atoms with van der Waals surface area (Å²) in [5, 5.41) is 3.02. The van der Waals surface area contributed by atoms with E-state index in [9.17, 15) is 4.79 Å². The first-order valence-corrected chi connectivity index (χ1v) is 6.94. The Labute approximate surface area is 115 Å². The van der Waals surface area contributed by atoms with E-state index in [1.807, 2.05) is 32.2 Å². The van der Waals surface area contributed by atoms with Gasteiger partial charge in [-0.1, -0.05) is 25.8 Å². The summed E-state index contributed by atoms with van der Waals surface area (Å²) in [5.41, 5.74) is 1.05. The molecule has 106 valence electrons. The molecule has 0 aliphatic rings. The molecular formula is C15H24N2O2. The molecular weight excluding hydrogens is 240 g/mol. The number of nitrogens with zero attached hydrogens (tertiary/aromatic N) is 1. The zero-order valence-electron chi connectivity index (χ0n) is 12.1. The molecule has 0 aliphatic carbocycles. The average Bonchev–Trinajstić information content (AvgIpc) is 2.42. The van der Waals surface area contributed by atoms with Crippen LogP contribution >= 0.6 is 0 Å². The Morgan fingerprint density at radius 3 is 2.84 bits per heavy atom. The molecule has 0 fully saturated rings. The summed E-state index contributed by atoms with van der Waals surface area (Å²) in [6.45, 7) is 6.09. The third-order valence-corrected chi connectivity index (χ3v) is 2.82. The Hall–Kier alpha value is -1.42. The van der Waals surface area contributed by atoms with Crippen LogP contribution < -0.4 is 5.32 Å². The summed E-state index contributed by atoms with van der Waals surface area (Å²) in [6, 6.07) is 3.92. The molecule has 0 saturated carbocycles. The Morgan fingerprint density at radius 2 is 2.26 bits per heavy atom. The molecule has 0 aromatic carbocycles. The van der Waals surface area contributed by atoms with Crippen molar-refractivity contribution in [1.29, 1.82) is 0 Å². The first-order valence-electron chi connectivity index (χ1n) is 6.94. The number of carbonyl (C=O) groups is 1. The molecule has 4 heteroatoms. The van der Waals surface area contributed by atoms with Gasteiger partial charge in [-0.05, 0) is 31.9 Å². The number of amides is 1. The van der Waals surface area contributed by atoms with Gasteiger partial charge in [0.15, 0.2) is 0 Å². The lowest BCUT2D eigenvalue weighted by molar-refractivity contribution is -0.127. The number of unbranched alkanes of at least 4 members (excludes halogenated alkanes) is 1. The van der Waals surface area contributed by atoms with Gasteiger partial charge in [0, 0.05) is 12.4 Å². The molecule has 1 amide bonds. The highest BCUT2D eigenvalue weighted by Crippen LogP contribution is 2.18. The van der Waals surface area contributed by atoms with E-state index in [1.165, 1.54) is 0 Å². The van der Waals surface area contributed by atoms with Gasteiger partial charge in [-0.3, -0.25) is 9.78 Å². The Balaban J connectivity index is 2.57. The first-order chi connectivity index (χ1) is 9.13. The van der Waals surface area contributed by atoms with Crippen LogP contribution in [0.5, 0.6) is 0 Å². The van der Waals surface area contributed by atoms with Crippen molar-refractivity contribution < 1.29 is 9.53 Å². The van der Waals surface area contributed by atoms with Crippen LogP contribution in [0.4, 0.5) is 0 Å². The fourth-order valence-electron chi connectivity index (χ4n) is 1.79. The van der Waals surface area contributed by atoms with Gasteiger partial charge in [0.1, 0.15) is 6.61 Å². The zero-order chi connectivity index (χ0) is 14.1. The molecule has 0 saturated heterocycles. The maximum absolute atomic E-state index is 11.8. The highest BCUT2D eigenvalue weighted by molar-refractivity contribution is 5.77. The molecule has 1 rings (SSSR count). The van der Waals surface area contributed by atoms with Gasteiger partial charge in [0.25, 0.3) is 0 Å². The summed E-state index contributed by atoms with van der Waals surface area (Å²) in [6.07, 6.45) is 6.72. The standard InChI is InChI=1S/C15H24N2O2/c1-4-5-8-14(13-7-6-9-16-10-13)17-15(18)11-19-12(2)3/h6-7,9-10,12,14H,4-5,8,11H2,1-3H3,(H,17,18). The minimum absolute atomic E-state index is 0.0249. The molecule has 0 spiro atoms. The van der Waals surface area contributed by atoms with E-state index < -0.39 is 0 Å². The summed E-state index contributed by atoms with van der Waals surface area (Å²) < 4.78 is 5.32. The SMILES string of the molecule is CCCCC(NC(=O)COC(C)C)c1cccnc1. The second kappa shape index (κ2) is 8.64. The lowest BCUT2D eigenvalue weighted by Crippen LogP contribution is -2.32. The lowest BCUT2D eigenvalue weighted by Gasteiger charge is -2.19. The van der Waals surface area contributed by atoms with Crippen LogP contribution in [-0.4, -0.2) is 23.6 Å². The van der Waals surface area contributed by atoms with Crippen molar-refractivity contribution in [1.82, 2.24) is 10.3 Å². The van der Waals surface area contributed by atoms with Crippen molar-refractivity contribution in [3.8, 4) is 0 Å². The lowest BCUT2D eigenvalue weighted by atomic mass is 10.0. The molecule has 1 unspecified atom stereocenters. The third kappa shape index (κ3) is 6.34. The largest absolute Gasteiger partial charge is 0.369 e. The molecule has 0 bridgehead atoms. The van der Waals surface area contributed by atoms with Gasteiger partial charge >= 0.3 is 0 Å². The molecule has 0 radical (unpaired) electrons. The van der Waals surface area contributed by atoms with Crippen LogP contribution in [0, 0.1) is 0 Å². The van der Waals surface area contributed by atoms with Crippen LogP contribution in [0.1, 0.15) is 51.6 Å². The van der Waals surface area contributed by atoms with Crippen LogP contribution in [0.15, 0.2) is 24.5 Å². The topological polar surface area (TPSA) is 51.2 Å². The zero-order valence-corrected chi connectivity index (χ0v) is 12.1. The highest BCUT2D eigenvalue weighted by Gasteiger charge is 2.14. The van der Waals surface area contributed by atoms with Crippen molar-refractivity contribution in [3.63, 3.8) is 0 Å². The maximum Gasteiger partial charge on any atom is 0.246 e. The van der Waals surface area contributed by atoms with Crippen molar-refractivity contribution in [3.05, 3.63) is 30.1 Å². The van der Waals surface area contributed by atoms with Crippen molar-refractivity contribution in [2.45, 2.75) is 52.2 Å². The van der Waals surface area contributed by atoms with Gasteiger partial charge in [-0.15, -0.1) is 0 Å². The second-order valence-corrected chi connectivity index (χ2v) is 4.91. The van der Waals surface area contributed by atoms with E-state index in [4.69, 9.17) is 4.74 Å². The highest BCUT2D eigenvalue weighted by atomic mass is 16.5. The van der Waals surface area contributed by atoms with Gasteiger partial charge in [0.05, 0.1) is 12.1 Å². The van der Waals surface area contributed by atoms with Crippen LogP contribution in [0.2, 0.25) is 0 Å². The number of nitrogens with one attached hydrogen (secondary N) is 1. The Bertz CT molecular complexity index is 366. The van der Waals surface area contributed by atoms with Crippen molar-refractivity contribution >= 4 is 5.91 Å². The molecule has 1 N–H and O–H groups in total. The Morgan fingerprint density at radius 1 is 1.47 bits per heavy atom. The van der Waals surface area contributed by atoms with Crippen LogP contribution in [-0.2, 0) is 9.53 Å². The predicted octanol–water partition coefficient (Wildman–Crippen LogP) is 2.85. The number of ether oxygens (including phenoxy) is 1. The molecule has 19 heavy (non-hydrogen) atoms. The maximum atomic E-state index is 11.8. The molecule has 1 aromatic rings. The van der Waals surface area contributed by atoms with E-state index in [0.29, 0.717) is 0 Å². The third-order valence-electron chi connectivity index (χ3n) is 2.82. The summed E-state index contributed by atoms with van der Waals surface area (Å²) in [5.74, 6) is -0.0707. The van der Waals surface area contributed by atoms with E-state index in [-0.39, 0.29) is 24.7 Å². The minimum atomic E-state index is -0.0707. The number of hydrogen-bond acceptors (Lipinski definition) is 3. The van der Waals surface area contributed by atoms with E-state index in [2.05, 4.69) is 17.2 Å². The fourth-order valence-corrected chi connectivity index (χ4v) is 1.79. The number of aromatic nitrogens is 1. The smallest absolute Gasteiger partial charge is 0.246 e. The molecule has 4 nitrogen and oxygen atoms in total.